The minimum atomic E-state index is -4.45. The average molecular weight is 566 g/mol. The Hall–Kier alpha value is -4.25. The predicted molar refractivity (Wildman–Crippen MR) is 142 cm³/mol. The van der Waals surface area contributed by atoms with E-state index in [9.17, 15) is 13.2 Å². The van der Waals surface area contributed by atoms with Gasteiger partial charge in [-0.1, -0.05) is 17.7 Å². The van der Waals surface area contributed by atoms with E-state index >= 15 is 0 Å². The van der Waals surface area contributed by atoms with E-state index in [1.54, 1.807) is 25.6 Å². The zero-order valence-electron chi connectivity index (χ0n) is 21.5. The number of ether oxygens (including phenoxy) is 1. The van der Waals surface area contributed by atoms with Gasteiger partial charge in [0, 0.05) is 35.4 Å². The van der Waals surface area contributed by atoms with Gasteiger partial charge in [-0.15, -0.1) is 5.10 Å². The van der Waals surface area contributed by atoms with Crippen LogP contribution in [0, 0.1) is 6.92 Å². The maximum atomic E-state index is 13.0. The number of hydrogen-bond acceptors (Lipinski definition) is 6. The molecule has 12 heteroatoms. The second-order valence-electron chi connectivity index (χ2n) is 9.52. The van der Waals surface area contributed by atoms with Crippen LogP contribution in [0.4, 0.5) is 13.2 Å². The predicted octanol–water partition coefficient (Wildman–Crippen LogP) is 6.50. The maximum Gasteiger partial charge on any atom is 0.417 e. The minimum Gasteiger partial charge on any atom is -0.479 e. The number of halogens is 4. The van der Waals surface area contributed by atoms with Crippen molar-refractivity contribution < 1.29 is 17.9 Å². The zero-order valence-corrected chi connectivity index (χ0v) is 22.3. The van der Waals surface area contributed by atoms with Gasteiger partial charge in [0.05, 0.1) is 30.4 Å². The Morgan fingerprint density at radius 3 is 2.55 bits per heavy atom. The fourth-order valence-corrected chi connectivity index (χ4v) is 5.16. The molecular formula is C28H23ClF3N7O. The number of imidazole rings is 1. The second kappa shape index (κ2) is 10.1. The van der Waals surface area contributed by atoms with Crippen LogP contribution in [0.25, 0.3) is 28.5 Å². The summed E-state index contributed by atoms with van der Waals surface area (Å²) in [6.45, 7) is 2.60. The molecule has 1 aliphatic heterocycles. The molecule has 1 unspecified atom stereocenters. The summed E-state index contributed by atoms with van der Waals surface area (Å²) < 4.78 is 48.3. The van der Waals surface area contributed by atoms with Crippen LogP contribution in [-0.4, -0.2) is 41.4 Å². The van der Waals surface area contributed by atoms with Crippen molar-refractivity contribution in [3.63, 3.8) is 0 Å². The number of fused-ring (bicyclic) bond motifs is 1. The first-order valence-electron chi connectivity index (χ1n) is 12.6. The molecule has 0 spiro atoms. The lowest BCUT2D eigenvalue weighted by atomic mass is 9.89. The summed E-state index contributed by atoms with van der Waals surface area (Å²) in [6, 6.07) is 11.5. The highest BCUT2D eigenvalue weighted by Crippen LogP contribution is 2.39. The van der Waals surface area contributed by atoms with Gasteiger partial charge in [-0.25, -0.2) is 19.6 Å². The summed E-state index contributed by atoms with van der Waals surface area (Å²) >= 11 is 6.65. The van der Waals surface area contributed by atoms with Crippen LogP contribution in [0.2, 0.25) is 5.02 Å². The molecule has 0 N–H and O–H groups in total. The number of nitrogens with zero attached hydrogens (tertiary/aromatic N) is 7. The van der Waals surface area contributed by atoms with Gasteiger partial charge in [-0.3, -0.25) is 4.98 Å². The first-order valence-corrected chi connectivity index (χ1v) is 12.9. The van der Waals surface area contributed by atoms with Crippen molar-refractivity contribution in [2.75, 3.05) is 7.11 Å². The first-order chi connectivity index (χ1) is 19.2. The van der Waals surface area contributed by atoms with Crippen molar-refractivity contribution in [1.29, 1.82) is 0 Å². The number of hydrogen-bond donors (Lipinski definition) is 0. The Labute approximate surface area is 232 Å². The molecule has 0 saturated heterocycles. The monoisotopic (exact) mass is 565 g/mol. The van der Waals surface area contributed by atoms with Crippen molar-refractivity contribution in [2.24, 2.45) is 0 Å². The summed E-state index contributed by atoms with van der Waals surface area (Å²) in [7, 11) is 1.56. The molecule has 0 saturated carbocycles. The fourth-order valence-electron chi connectivity index (χ4n) is 4.91. The zero-order chi connectivity index (χ0) is 28.0. The van der Waals surface area contributed by atoms with E-state index < -0.39 is 11.7 Å². The van der Waals surface area contributed by atoms with Crippen LogP contribution in [0.5, 0.6) is 5.88 Å². The largest absolute Gasteiger partial charge is 0.479 e. The third-order valence-corrected chi connectivity index (χ3v) is 7.23. The molecule has 0 aliphatic carbocycles. The van der Waals surface area contributed by atoms with Gasteiger partial charge in [-0.05, 0) is 61.7 Å². The molecule has 204 valence electrons. The number of aryl methyl sites for hydroxylation is 2. The van der Waals surface area contributed by atoms with E-state index in [1.807, 2.05) is 40.6 Å². The number of benzene rings is 1. The number of aromatic nitrogens is 7. The third-order valence-electron chi connectivity index (χ3n) is 6.89. The summed E-state index contributed by atoms with van der Waals surface area (Å²) in [5.74, 6) is 1.46. The Morgan fingerprint density at radius 2 is 1.85 bits per heavy atom. The molecule has 5 heterocycles. The molecule has 8 nitrogen and oxygen atoms in total. The smallest absolute Gasteiger partial charge is 0.417 e. The van der Waals surface area contributed by atoms with Gasteiger partial charge in [0.25, 0.3) is 0 Å². The van der Waals surface area contributed by atoms with Gasteiger partial charge in [0.15, 0.2) is 5.82 Å². The first kappa shape index (κ1) is 26.0. The van der Waals surface area contributed by atoms with E-state index in [1.165, 1.54) is 6.07 Å². The van der Waals surface area contributed by atoms with Gasteiger partial charge < -0.3 is 9.30 Å². The third kappa shape index (κ3) is 4.81. The summed E-state index contributed by atoms with van der Waals surface area (Å²) in [5, 5.41) is 5.27. The summed E-state index contributed by atoms with van der Waals surface area (Å²) in [6.07, 6.45) is 1.62. The van der Waals surface area contributed by atoms with Crippen LogP contribution in [0.3, 0.4) is 0 Å². The van der Waals surface area contributed by atoms with Crippen LogP contribution in [0.1, 0.15) is 41.4 Å². The lowest BCUT2D eigenvalue weighted by Crippen LogP contribution is -2.18. The van der Waals surface area contributed by atoms with Crippen molar-refractivity contribution in [2.45, 2.75) is 38.4 Å². The number of methoxy groups -OCH3 is 1. The normalized spacial score (nSPS) is 15.2. The SMILES string of the molecule is COc1nc(-c2nc3n(n2)CCCC3c2cc(-c3ccc(C(F)(F)F)cn3)ccc2Cl)ccc1-n1cnc(C)c1. The van der Waals surface area contributed by atoms with E-state index in [2.05, 4.69) is 15.0 Å². The topological polar surface area (TPSA) is 83.5 Å². The molecule has 40 heavy (non-hydrogen) atoms. The van der Waals surface area contributed by atoms with Crippen LogP contribution in [0.15, 0.2) is 61.2 Å². The molecule has 1 atom stereocenters. The van der Waals surface area contributed by atoms with E-state index in [-0.39, 0.29) is 5.92 Å². The van der Waals surface area contributed by atoms with Gasteiger partial charge in [0.1, 0.15) is 17.2 Å². The van der Waals surface area contributed by atoms with Crippen LogP contribution in [-0.2, 0) is 12.7 Å². The molecule has 1 aliphatic rings. The standard InChI is InChI=1S/C28H23ClF3N7O/c1-16-14-38(15-34-16)24-10-9-23(35-27(24)40-2)25-36-26-19(4-3-11-39(26)37-25)20-12-17(5-7-21(20)29)22-8-6-18(13-33-22)28(30,31)32/h5-10,12-15,19H,3-4,11H2,1-2H3. The van der Waals surface area contributed by atoms with Crippen molar-refractivity contribution in [3.8, 4) is 34.3 Å². The van der Waals surface area contributed by atoms with Crippen molar-refractivity contribution in [3.05, 3.63) is 88.9 Å². The highest BCUT2D eigenvalue weighted by atomic mass is 35.5. The highest BCUT2D eigenvalue weighted by molar-refractivity contribution is 6.31. The fraction of sp³-hybridized carbons (Fsp3) is 0.250. The summed E-state index contributed by atoms with van der Waals surface area (Å²) in [4.78, 5) is 17.8. The van der Waals surface area contributed by atoms with Gasteiger partial charge in [0.2, 0.25) is 5.88 Å². The van der Waals surface area contributed by atoms with E-state index in [4.69, 9.17) is 26.4 Å². The minimum absolute atomic E-state index is 0.160. The van der Waals surface area contributed by atoms with E-state index in [0.717, 1.165) is 47.9 Å². The maximum absolute atomic E-state index is 13.0. The van der Waals surface area contributed by atoms with Crippen molar-refractivity contribution >= 4 is 11.6 Å². The molecule has 0 amide bonds. The Kier molecular flexibility index (Phi) is 6.53. The van der Waals surface area contributed by atoms with Crippen molar-refractivity contribution in [1.82, 2.24) is 34.3 Å². The molecule has 0 radical (unpaired) electrons. The Morgan fingerprint density at radius 1 is 1.02 bits per heavy atom. The molecule has 6 rings (SSSR count). The highest BCUT2D eigenvalue weighted by Gasteiger charge is 2.31. The number of alkyl halides is 3. The molecule has 0 bridgehead atoms. The number of rotatable bonds is 5. The average Bonchev–Trinajstić information content (AvgIpc) is 3.59. The summed E-state index contributed by atoms with van der Waals surface area (Å²) in [5.41, 5.74) is 3.29. The molecule has 4 aromatic heterocycles. The molecule has 5 aromatic rings. The lowest BCUT2D eigenvalue weighted by molar-refractivity contribution is -0.137. The van der Waals surface area contributed by atoms with Gasteiger partial charge >= 0.3 is 6.18 Å². The van der Waals surface area contributed by atoms with E-state index in [0.29, 0.717) is 40.2 Å². The molecule has 0 fully saturated rings. The quantitative estimate of drug-likeness (QED) is 0.242. The molecular weight excluding hydrogens is 543 g/mol. The number of pyridine rings is 2. The van der Waals surface area contributed by atoms with Gasteiger partial charge in [-0.2, -0.15) is 13.2 Å². The lowest BCUT2D eigenvalue weighted by Gasteiger charge is -2.23. The van der Waals surface area contributed by atoms with Crippen LogP contribution >= 0.6 is 11.6 Å². The molecule has 1 aromatic carbocycles. The second-order valence-corrected chi connectivity index (χ2v) is 9.93. The Bertz CT molecular complexity index is 1700. The Balaban J connectivity index is 1.34. The van der Waals surface area contributed by atoms with Crippen LogP contribution < -0.4 is 4.74 Å².